The van der Waals surface area contributed by atoms with Crippen molar-refractivity contribution in [2.45, 2.75) is 12.8 Å². The molecule has 1 aromatic heterocycles. The van der Waals surface area contributed by atoms with Crippen LogP contribution in [0, 0.1) is 5.82 Å². The molecule has 0 aliphatic rings. The van der Waals surface area contributed by atoms with Crippen molar-refractivity contribution in [3.8, 4) is 0 Å². The van der Waals surface area contributed by atoms with E-state index in [-0.39, 0.29) is 22.2 Å². The zero-order valence-electron chi connectivity index (χ0n) is 9.15. The summed E-state index contributed by atoms with van der Waals surface area (Å²) in [6, 6.07) is 2.11. The molecule has 0 amide bonds. The fourth-order valence-electron chi connectivity index (χ4n) is 1.68. The van der Waals surface area contributed by atoms with Crippen molar-refractivity contribution in [1.29, 1.82) is 0 Å². The third-order valence-electron chi connectivity index (χ3n) is 2.34. The van der Waals surface area contributed by atoms with Crippen molar-refractivity contribution in [2.75, 3.05) is 7.05 Å². The first-order valence-corrected chi connectivity index (χ1v) is 5.71. The normalized spacial score (nSPS) is 12.3. The summed E-state index contributed by atoms with van der Waals surface area (Å²) in [6.45, 7) is -0.110. The highest BCUT2D eigenvalue weighted by atomic mass is 79.9. The van der Waals surface area contributed by atoms with Crippen molar-refractivity contribution >= 4 is 27.0 Å². The molecule has 0 bridgehead atoms. The number of nitrogens with zero attached hydrogens (tertiary/aromatic N) is 2. The molecule has 0 unspecified atom stereocenters. The van der Waals surface area contributed by atoms with Gasteiger partial charge in [0.05, 0.1) is 12.2 Å². The van der Waals surface area contributed by atoms with Crippen molar-refractivity contribution in [1.82, 2.24) is 14.9 Å². The zero-order chi connectivity index (χ0) is 13.5. The first-order valence-electron chi connectivity index (χ1n) is 4.91. The molecule has 0 atom stereocenters. The number of hydrogen-bond acceptors (Lipinski definition) is 2. The number of fused-ring (bicyclic) bond motifs is 1. The Morgan fingerprint density at radius 2 is 2.06 bits per heavy atom. The van der Waals surface area contributed by atoms with E-state index in [0.717, 1.165) is 16.7 Å². The van der Waals surface area contributed by atoms with Gasteiger partial charge in [-0.2, -0.15) is 13.2 Å². The van der Waals surface area contributed by atoms with Crippen molar-refractivity contribution in [3.63, 3.8) is 0 Å². The molecule has 18 heavy (non-hydrogen) atoms. The van der Waals surface area contributed by atoms with E-state index >= 15 is 0 Å². The number of halogens is 5. The largest absolute Gasteiger partial charge is 0.449 e. The average Bonchev–Trinajstić information content (AvgIpc) is 2.58. The van der Waals surface area contributed by atoms with E-state index in [2.05, 4.69) is 26.2 Å². The van der Waals surface area contributed by atoms with Gasteiger partial charge < -0.3 is 9.88 Å². The molecule has 2 aromatic rings. The van der Waals surface area contributed by atoms with Crippen molar-refractivity contribution in [2.24, 2.45) is 0 Å². The Morgan fingerprint density at radius 1 is 1.39 bits per heavy atom. The molecule has 0 aliphatic carbocycles. The van der Waals surface area contributed by atoms with Gasteiger partial charge in [0, 0.05) is 4.47 Å². The van der Waals surface area contributed by atoms with Crippen LogP contribution in [-0.4, -0.2) is 16.6 Å². The summed E-state index contributed by atoms with van der Waals surface area (Å²) in [5, 5.41) is 2.60. The molecule has 98 valence electrons. The fourth-order valence-corrected chi connectivity index (χ4v) is 2.19. The highest BCUT2D eigenvalue weighted by molar-refractivity contribution is 9.10. The van der Waals surface area contributed by atoms with Crippen LogP contribution in [0.2, 0.25) is 0 Å². The number of aromatic nitrogens is 2. The van der Waals surface area contributed by atoms with Crippen molar-refractivity contribution in [3.05, 3.63) is 28.2 Å². The van der Waals surface area contributed by atoms with Crippen molar-refractivity contribution < 1.29 is 17.6 Å². The van der Waals surface area contributed by atoms with Gasteiger partial charge in [0.25, 0.3) is 0 Å². The maximum absolute atomic E-state index is 13.3. The lowest BCUT2D eigenvalue weighted by Gasteiger charge is -2.10. The number of alkyl halides is 3. The number of rotatable bonds is 2. The van der Waals surface area contributed by atoms with Gasteiger partial charge in [0.1, 0.15) is 11.3 Å². The standard InChI is InChI=1S/C10H8BrF4N3/c1-16-4-18-7-3-5(12)2-6(11)8(7)17-9(18)10(13,14)15/h2-3,16H,4H2,1H3. The van der Waals surface area contributed by atoms with Crippen LogP contribution in [0.1, 0.15) is 5.82 Å². The van der Waals surface area contributed by atoms with Gasteiger partial charge in [-0.15, -0.1) is 0 Å². The van der Waals surface area contributed by atoms with E-state index in [1.54, 1.807) is 0 Å². The summed E-state index contributed by atoms with van der Waals surface area (Å²) in [4.78, 5) is 3.53. The Hall–Kier alpha value is -1.15. The Morgan fingerprint density at radius 3 is 2.61 bits per heavy atom. The molecular formula is C10H8BrF4N3. The molecule has 2 rings (SSSR count). The summed E-state index contributed by atoms with van der Waals surface area (Å²) in [6.07, 6.45) is -4.59. The van der Waals surface area contributed by atoms with Crippen LogP contribution in [0.15, 0.2) is 16.6 Å². The lowest BCUT2D eigenvalue weighted by molar-refractivity contribution is -0.147. The molecular weight excluding hydrogens is 318 g/mol. The molecule has 3 nitrogen and oxygen atoms in total. The van der Waals surface area contributed by atoms with Crippen LogP contribution in [0.5, 0.6) is 0 Å². The molecule has 1 heterocycles. The lowest BCUT2D eigenvalue weighted by Crippen LogP contribution is -2.20. The lowest BCUT2D eigenvalue weighted by atomic mass is 10.3. The molecule has 0 saturated carbocycles. The second kappa shape index (κ2) is 4.51. The molecule has 0 aliphatic heterocycles. The Kier molecular flexibility index (Phi) is 3.33. The van der Waals surface area contributed by atoms with Gasteiger partial charge in [0.15, 0.2) is 0 Å². The van der Waals surface area contributed by atoms with Crippen LogP contribution in [0.25, 0.3) is 11.0 Å². The molecule has 0 radical (unpaired) electrons. The maximum Gasteiger partial charge on any atom is 0.449 e. The van der Waals surface area contributed by atoms with Crippen LogP contribution in [0.4, 0.5) is 17.6 Å². The SMILES string of the molecule is CNCn1c(C(F)(F)F)nc2c(Br)cc(F)cc21. The number of nitrogens with one attached hydrogen (secondary N) is 1. The average molecular weight is 326 g/mol. The van der Waals surface area contributed by atoms with Gasteiger partial charge in [-0.1, -0.05) is 0 Å². The molecule has 0 saturated heterocycles. The smallest absolute Gasteiger partial charge is 0.307 e. The zero-order valence-corrected chi connectivity index (χ0v) is 10.7. The van der Waals surface area contributed by atoms with Gasteiger partial charge >= 0.3 is 6.18 Å². The monoisotopic (exact) mass is 325 g/mol. The quantitative estimate of drug-likeness (QED) is 0.860. The minimum Gasteiger partial charge on any atom is -0.307 e. The van der Waals surface area contributed by atoms with Gasteiger partial charge in [0.2, 0.25) is 5.82 Å². The summed E-state index contributed by atoms with van der Waals surface area (Å²) >= 11 is 3.01. The van der Waals surface area contributed by atoms with Gasteiger partial charge in [-0.25, -0.2) is 9.37 Å². The predicted octanol–water partition coefficient (Wildman–Crippen LogP) is 3.13. The first kappa shape index (κ1) is 13.3. The summed E-state index contributed by atoms with van der Waals surface area (Å²) < 4.78 is 52.8. The van der Waals surface area contributed by atoms with E-state index < -0.39 is 17.8 Å². The highest BCUT2D eigenvalue weighted by Gasteiger charge is 2.37. The molecule has 0 spiro atoms. The van der Waals surface area contributed by atoms with Gasteiger partial charge in [-0.3, -0.25) is 0 Å². The van der Waals surface area contributed by atoms with E-state index in [1.165, 1.54) is 7.05 Å². The third-order valence-corrected chi connectivity index (χ3v) is 2.95. The summed E-state index contributed by atoms with van der Waals surface area (Å²) in [5.74, 6) is -1.68. The highest BCUT2D eigenvalue weighted by Crippen LogP contribution is 2.33. The summed E-state index contributed by atoms with van der Waals surface area (Å²) in [5.41, 5.74) is 0.169. The fraction of sp³-hybridized carbons (Fsp3) is 0.300. The second-order valence-corrected chi connectivity index (χ2v) is 4.48. The molecule has 1 N–H and O–H groups in total. The maximum atomic E-state index is 13.3. The number of benzene rings is 1. The van der Waals surface area contributed by atoms with Crippen LogP contribution < -0.4 is 5.32 Å². The van der Waals surface area contributed by atoms with E-state index in [4.69, 9.17) is 0 Å². The van der Waals surface area contributed by atoms with E-state index in [9.17, 15) is 17.6 Å². The van der Waals surface area contributed by atoms with Crippen LogP contribution in [-0.2, 0) is 12.8 Å². The Bertz CT molecular complexity index is 591. The Labute approximate surface area is 108 Å². The number of hydrogen-bond donors (Lipinski definition) is 1. The Balaban J connectivity index is 2.79. The van der Waals surface area contributed by atoms with Gasteiger partial charge in [-0.05, 0) is 35.1 Å². The second-order valence-electron chi connectivity index (χ2n) is 3.63. The molecule has 1 aromatic carbocycles. The molecule has 0 fully saturated rings. The summed E-state index contributed by atoms with van der Waals surface area (Å²) in [7, 11) is 1.50. The topological polar surface area (TPSA) is 29.9 Å². The van der Waals surface area contributed by atoms with Crippen LogP contribution >= 0.6 is 15.9 Å². The first-order chi connectivity index (χ1) is 8.34. The van der Waals surface area contributed by atoms with Crippen LogP contribution in [0.3, 0.4) is 0 Å². The predicted molar refractivity (Wildman–Crippen MR) is 61.5 cm³/mol. The third kappa shape index (κ3) is 2.22. The minimum atomic E-state index is -4.59. The van der Waals surface area contributed by atoms with E-state index in [0.29, 0.717) is 0 Å². The minimum absolute atomic E-state index is 0.0824. The molecule has 8 heteroatoms. The van der Waals surface area contributed by atoms with E-state index in [1.807, 2.05) is 0 Å². The number of imidazole rings is 1.